The van der Waals surface area contributed by atoms with Crippen LogP contribution in [0.4, 0.5) is 10.1 Å². The first-order chi connectivity index (χ1) is 9.47. The van der Waals surface area contributed by atoms with Crippen molar-refractivity contribution < 1.29 is 19.2 Å². The number of ether oxygens (including phenoxy) is 1. The van der Waals surface area contributed by atoms with Crippen LogP contribution in [0.1, 0.15) is 18.6 Å². The van der Waals surface area contributed by atoms with Gasteiger partial charge in [0.15, 0.2) is 0 Å². The number of pyridine rings is 1. The molecule has 1 aromatic carbocycles. The standard InChI is InChI=1S/C13H11FN2O4/c1-8(17)9-4-5-15-13(6-9)20-12-3-2-10(14)7-11(12)16(18)19/h2-8,17H,1H3/t8-/m1/s1. The van der Waals surface area contributed by atoms with Gasteiger partial charge in [0.05, 0.1) is 17.1 Å². The van der Waals surface area contributed by atoms with Gasteiger partial charge in [-0.1, -0.05) is 0 Å². The van der Waals surface area contributed by atoms with E-state index in [9.17, 15) is 19.6 Å². The van der Waals surface area contributed by atoms with Gasteiger partial charge in [-0.2, -0.15) is 0 Å². The zero-order valence-electron chi connectivity index (χ0n) is 10.5. The molecule has 0 spiro atoms. The summed E-state index contributed by atoms with van der Waals surface area (Å²) in [6.45, 7) is 1.57. The van der Waals surface area contributed by atoms with Gasteiger partial charge < -0.3 is 9.84 Å². The summed E-state index contributed by atoms with van der Waals surface area (Å²) in [6.07, 6.45) is 0.691. The third kappa shape index (κ3) is 3.07. The molecule has 0 bridgehead atoms. The fourth-order valence-electron chi connectivity index (χ4n) is 1.57. The molecule has 0 aliphatic carbocycles. The summed E-state index contributed by atoms with van der Waals surface area (Å²) in [6, 6.07) is 6.03. The second-order valence-corrected chi connectivity index (χ2v) is 4.07. The summed E-state index contributed by atoms with van der Waals surface area (Å²) < 4.78 is 18.3. The molecule has 7 heteroatoms. The van der Waals surface area contributed by atoms with Crippen molar-refractivity contribution in [2.75, 3.05) is 0 Å². The normalized spacial score (nSPS) is 11.9. The maximum atomic E-state index is 13.0. The van der Waals surface area contributed by atoms with Crippen LogP contribution in [0.15, 0.2) is 36.5 Å². The van der Waals surface area contributed by atoms with Crippen LogP contribution < -0.4 is 4.74 Å². The van der Waals surface area contributed by atoms with Gasteiger partial charge >= 0.3 is 5.69 Å². The number of nitro benzene ring substituents is 1. The van der Waals surface area contributed by atoms with Gasteiger partial charge in [-0.05, 0) is 30.7 Å². The highest BCUT2D eigenvalue weighted by Crippen LogP contribution is 2.31. The zero-order chi connectivity index (χ0) is 14.7. The first-order valence-corrected chi connectivity index (χ1v) is 5.73. The molecule has 1 atom stereocenters. The molecule has 0 saturated carbocycles. The highest BCUT2D eigenvalue weighted by atomic mass is 19.1. The van der Waals surface area contributed by atoms with Crippen molar-refractivity contribution in [3.05, 3.63) is 58.0 Å². The van der Waals surface area contributed by atoms with Gasteiger partial charge in [0.25, 0.3) is 0 Å². The van der Waals surface area contributed by atoms with Crippen LogP contribution in [0.3, 0.4) is 0 Å². The van der Waals surface area contributed by atoms with Crippen LogP contribution in [0.5, 0.6) is 11.6 Å². The molecule has 0 unspecified atom stereocenters. The number of aromatic nitrogens is 1. The maximum Gasteiger partial charge on any atom is 0.314 e. The molecule has 0 radical (unpaired) electrons. The topological polar surface area (TPSA) is 85.5 Å². The lowest BCUT2D eigenvalue weighted by atomic mass is 10.2. The van der Waals surface area contributed by atoms with E-state index in [2.05, 4.69) is 4.98 Å². The van der Waals surface area contributed by atoms with E-state index in [1.165, 1.54) is 12.3 Å². The van der Waals surface area contributed by atoms with Crippen molar-refractivity contribution in [3.8, 4) is 11.6 Å². The summed E-state index contributed by atoms with van der Waals surface area (Å²) in [5.41, 5.74) is 0.0639. The minimum absolute atomic E-state index is 0.0816. The number of benzene rings is 1. The molecule has 1 heterocycles. The Hall–Kier alpha value is -2.54. The Morgan fingerprint density at radius 1 is 1.40 bits per heavy atom. The largest absolute Gasteiger partial charge is 0.432 e. The van der Waals surface area contributed by atoms with E-state index in [1.807, 2.05) is 0 Å². The minimum Gasteiger partial charge on any atom is -0.432 e. The van der Waals surface area contributed by atoms with E-state index in [0.717, 1.165) is 18.2 Å². The Morgan fingerprint density at radius 3 is 2.80 bits per heavy atom. The average Bonchev–Trinajstić information content (AvgIpc) is 2.41. The smallest absolute Gasteiger partial charge is 0.314 e. The summed E-state index contributed by atoms with van der Waals surface area (Å²) in [5.74, 6) is -0.764. The van der Waals surface area contributed by atoms with Gasteiger partial charge in [-0.25, -0.2) is 9.37 Å². The molecule has 2 rings (SSSR count). The first kappa shape index (κ1) is 13.9. The van der Waals surface area contributed by atoms with Gasteiger partial charge in [-0.15, -0.1) is 0 Å². The Balaban J connectivity index is 2.35. The molecule has 1 aromatic heterocycles. The van der Waals surface area contributed by atoms with Gasteiger partial charge in [-0.3, -0.25) is 10.1 Å². The van der Waals surface area contributed by atoms with Crippen LogP contribution >= 0.6 is 0 Å². The highest BCUT2D eigenvalue weighted by molar-refractivity contribution is 5.48. The van der Waals surface area contributed by atoms with E-state index in [1.54, 1.807) is 13.0 Å². The second kappa shape index (κ2) is 5.62. The lowest BCUT2D eigenvalue weighted by molar-refractivity contribution is -0.385. The van der Waals surface area contributed by atoms with Crippen LogP contribution in [-0.2, 0) is 0 Å². The Labute approximate surface area is 113 Å². The zero-order valence-corrected chi connectivity index (χ0v) is 10.5. The first-order valence-electron chi connectivity index (χ1n) is 5.73. The minimum atomic E-state index is -0.739. The number of halogens is 1. The third-order valence-corrected chi connectivity index (χ3v) is 2.57. The molecule has 0 aliphatic rings. The predicted molar refractivity (Wildman–Crippen MR) is 68.0 cm³/mol. The van der Waals surface area contributed by atoms with E-state index < -0.39 is 22.5 Å². The molecule has 2 aromatic rings. The number of hydrogen-bond donors (Lipinski definition) is 1. The van der Waals surface area contributed by atoms with Crippen LogP contribution in [0.25, 0.3) is 0 Å². The van der Waals surface area contributed by atoms with Gasteiger partial charge in [0.2, 0.25) is 11.6 Å². The Morgan fingerprint density at radius 2 is 2.15 bits per heavy atom. The molecule has 104 valence electrons. The summed E-state index contributed by atoms with van der Waals surface area (Å²) in [4.78, 5) is 14.0. The number of aliphatic hydroxyl groups excluding tert-OH is 1. The molecule has 0 saturated heterocycles. The SMILES string of the molecule is C[C@@H](O)c1ccnc(Oc2ccc(F)cc2[N+](=O)[O-])c1. The quantitative estimate of drug-likeness (QED) is 0.686. The molecule has 20 heavy (non-hydrogen) atoms. The second-order valence-electron chi connectivity index (χ2n) is 4.07. The summed E-state index contributed by atoms with van der Waals surface area (Å²) >= 11 is 0. The Kier molecular flexibility index (Phi) is 3.90. The number of aliphatic hydroxyl groups is 1. The van der Waals surface area contributed by atoms with Crippen molar-refractivity contribution in [2.45, 2.75) is 13.0 Å². The molecule has 0 aliphatic heterocycles. The van der Waals surface area contributed by atoms with Crippen LogP contribution in [0.2, 0.25) is 0 Å². The monoisotopic (exact) mass is 278 g/mol. The summed E-state index contributed by atoms with van der Waals surface area (Å²) in [7, 11) is 0. The fourth-order valence-corrected chi connectivity index (χ4v) is 1.57. The van der Waals surface area contributed by atoms with Crippen molar-refractivity contribution in [1.29, 1.82) is 0 Å². The number of hydrogen-bond acceptors (Lipinski definition) is 5. The van der Waals surface area contributed by atoms with Crippen molar-refractivity contribution in [3.63, 3.8) is 0 Å². The molecule has 0 amide bonds. The van der Waals surface area contributed by atoms with Crippen LogP contribution in [0, 0.1) is 15.9 Å². The molecular weight excluding hydrogens is 267 g/mol. The molecule has 0 fully saturated rings. The average molecular weight is 278 g/mol. The lowest BCUT2D eigenvalue weighted by Crippen LogP contribution is -1.97. The number of nitrogens with zero attached hydrogens (tertiary/aromatic N) is 2. The summed E-state index contributed by atoms with van der Waals surface area (Å²) in [5, 5.41) is 20.3. The molecular formula is C13H11FN2O4. The maximum absolute atomic E-state index is 13.0. The number of nitro groups is 1. The lowest BCUT2D eigenvalue weighted by Gasteiger charge is -2.08. The van der Waals surface area contributed by atoms with Crippen molar-refractivity contribution in [1.82, 2.24) is 4.98 Å². The van der Waals surface area contributed by atoms with E-state index in [-0.39, 0.29) is 11.6 Å². The van der Waals surface area contributed by atoms with Crippen molar-refractivity contribution in [2.24, 2.45) is 0 Å². The van der Waals surface area contributed by atoms with Gasteiger partial charge in [0.1, 0.15) is 5.82 Å². The predicted octanol–water partition coefficient (Wildman–Crippen LogP) is 2.97. The van der Waals surface area contributed by atoms with E-state index in [4.69, 9.17) is 4.74 Å². The Bertz CT molecular complexity index is 646. The van der Waals surface area contributed by atoms with Crippen LogP contribution in [-0.4, -0.2) is 15.0 Å². The molecule has 1 N–H and O–H groups in total. The van der Waals surface area contributed by atoms with E-state index in [0.29, 0.717) is 5.56 Å². The number of rotatable bonds is 4. The third-order valence-electron chi connectivity index (χ3n) is 2.57. The fraction of sp³-hybridized carbons (Fsp3) is 0.154. The van der Waals surface area contributed by atoms with Gasteiger partial charge in [0, 0.05) is 12.3 Å². The van der Waals surface area contributed by atoms with E-state index >= 15 is 0 Å². The molecule has 6 nitrogen and oxygen atoms in total. The highest BCUT2D eigenvalue weighted by Gasteiger charge is 2.17. The van der Waals surface area contributed by atoms with Crippen molar-refractivity contribution >= 4 is 5.69 Å².